The fourth-order valence-corrected chi connectivity index (χ4v) is 5.63. The number of piperidine rings is 1. The number of halogens is 1. The SMILES string of the molecule is O=C(Nc1ccc(N2CCCC2)cc1)C1CCCN(S(=O)(=O)c2ccc(F)cc2)C1. The molecule has 1 N–H and O–H groups in total. The average Bonchev–Trinajstić information content (AvgIpc) is 3.30. The lowest BCUT2D eigenvalue weighted by atomic mass is 9.98. The van der Waals surface area contributed by atoms with Crippen molar-refractivity contribution in [2.24, 2.45) is 5.92 Å². The van der Waals surface area contributed by atoms with Gasteiger partial charge in [-0.25, -0.2) is 12.8 Å². The topological polar surface area (TPSA) is 69.7 Å². The fourth-order valence-electron chi connectivity index (χ4n) is 4.11. The van der Waals surface area contributed by atoms with Gasteiger partial charge in [0.2, 0.25) is 15.9 Å². The second-order valence-electron chi connectivity index (χ2n) is 7.89. The van der Waals surface area contributed by atoms with Crippen LogP contribution in [0.2, 0.25) is 0 Å². The molecule has 0 saturated carbocycles. The largest absolute Gasteiger partial charge is 0.372 e. The third kappa shape index (κ3) is 4.49. The molecular weight excluding hydrogens is 405 g/mol. The van der Waals surface area contributed by atoms with Gasteiger partial charge in [0.1, 0.15) is 5.82 Å². The van der Waals surface area contributed by atoms with Gasteiger partial charge in [-0.1, -0.05) is 0 Å². The van der Waals surface area contributed by atoms with E-state index in [4.69, 9.17) is 0 Å². The van der Waals surface area contributed by atoms with Crippen molar-refractivity contribution in [3.05, 3.63) is 54.3 Å². The zero-order chi connectivity index (χ0) is 21.1. The summed E-state index contributed by atoms with van der Waals surface area (Å²) in [6.07, 6.45) is 3.65. The number of rotatable bonds is 5. The molecule has 2 aromatic rings. The number of benzene rings is 2. The molecule has 2 saturated heterocycles. The van der Waals surface area contributed by atoms with Gasteiger partial charge >= 0.3 is 0 Å². The summed E-state index contributed by atoms with van der Waals surface area (Å²) in [6.45, 7) is 2.60. The van der Waals surface area contributed by atoms with Gasteiger partial charge in [-0.2, -0.15) is 4.31 Å². The number of sulfonamides is 1. The van der Waals surface area contributed by atoms with Crippen LogP contribution in [0, 0.1) is 11.7 Å². The van der Waals surface area contributed by atoms with Crippen LogP contribution in [0.1, 0.15) is 25.7 Å². The number of amides is 1. The average molecular weight is 432 g/mol. The molecule has 30 heavy (non-hydrogen) atoms. The normalized spacial score (nSPS) is 20.3. The smallest absolute Gasteiger partial charge is 0.243 e. The van der Waals surface area contributed by atoms with Crippen LogP contribution < -0.4 is 10.2 Å². The van der Waals surface area contributed by atoms with Crippen molar-refractivity contribution in [2.75, 3.05) is 36.4 Å². The number of carbonyl (C=O) groups is 1. The predicted octanol–water partition coefficient (Wildman–Crippen LogP) is 3.47. The maximum Gasteiger partial charge on any atom is 0.243 e. The molecule has 0 aliphatic carbocycles. The van der Waals surface area contributed by atoms with E-state index in [-0.39, 0.29) is 17.3 Å². The second kappa shape index (κ2) is 8.73. The molecule has 2 heterocycles. The number of nitrogens with one attached hydrogen (secondary N) is 1. The molecule has 6 nitrogen and oxygen atoms in total. The molecule has 2 aromatic carbocycles. The van der Waals surface area contributed by atoms with Gasteiger partial charge in [-0.15, -0.1) is 0 Å². The molecular formula is C22H26FN3O3S. The zero-order valence-corrected chi connectivity index (χ0v) is 17.6. The lowest BCUT2D eigenvalue weighted by Gasteiger charge is -2.31. The van der Waals surface area contributed by atoms with E-state index in [1.54, 1.807) is 0 Å². The monoisotopic (exact) mass is 431 g/mol. The number of carbonyl (C=O) groups excluding carboxylic acids is 1. The van der Waals surface area contributed by atoms with Crippen molar-refractivity contribution in [3.8, 4) is 0 Å². The van der Waals surface area contributed by atoms with Crippen LogP contribution in [0.5, 0.6) is 0 Å². The van der Waals surface area contributed by atoms with Gasteiger partial charge in [0, 0.05) is 37.6 Å². The number of hydrogen-bond donors (Lipinski definition) is 1. The summed E-state index contributed by atoms with van der Waals surface area (Å²) in [5, 5.41) is 2.92. The second-order valence-corrected chi connectivity index (χ2v) is 9.82. The minimum Gasteiger partial charge on any atom is -0.372 e. The highest BCUT2D eigenvalue weighted by Gasteiger charge is 2.33. The van der Waals surface area contributed by atoms with Crippen LogP contribution >= 0.6 is 0 Å². The predicted molar refractivity (Wildman–Crippen MR) is 114 cm³/mol. The van der Waals surface area contributed by atoms with Gasteiger partial charge in [0.15, 0.2) is 0 Å². The van der Waals surface area contributed by atoms with Crippen molar-refractivity contribution in [2.45, 2.75) is 30.6 Å². The molecule has 0 spiro atoms. The molecule has 0 bridgehead atoms. The molecule has 0 aromatic heterocycles. The highest BCUT2D eigenvalue weighted by molar-refractivity contribution is 7.89. The number of anilines is 2. The first-order chi connectivity index (χ1) is 14.4. The van der Waals surface area contributed by atoms with Gasteiger partial charge in [-0.05, 0) is 74.2 Å². The number of nitrogens with zero attached hydrogens (tertiary/aromatic N) is 2. The van der Waals surface area contributed by atoms with Crippen LogP contribution in [-0.4, -0.2) is 44.8 Å². The molecule has 0 radical (unpaired) electrons. The van der Waals surface area contributed by atoms with Crippen molar-refractivity contribution in [1.29, 1.82) is 0 Å². The molecule has 8 heteroatoms. The van der Waals surface area contributed by atoms with Crippen LogP contribution in [0.15, 0.2) is 53.4 Å². The zero-order valence-electron chi connectivity index (χ0n) is 16.8. The fraction of sp³-hybridized carbons (Fsp3) is 0.409. The summed E-state index contributed by atoms with van der Waals surface area (Å²) in [5.74, 6) is -1.09. The van der Waals surface area contributed by atoms with E-state index in [2.05, 4.69) is 10.2 Å². The van der Waals surface area contributed by atoms with E-state index in [1.807, 2.05) is 24.3 Å². The Morgan fingerprint density at radius 2 is 1.60 bits per heavy atom. The minimum atomic E-state index is -3.75. The van der Waals surface area contributed by atoms with Crippen LogP contribution in [0.3, 0.4) is 0 Å². The standard InChI is InChI=1S/C22H26FN3O3S/c23-18-5-11-21(12-6-18)30(28,29)26-15-3-4-17(16-26)22(27)24-19-7-9-20(10-8-19)25-13-1-2-14-25/h5-12,17H,1-4,13-16H2,(H,24,27). The van der Waals surface area contributed by atoms with Crippen LogP contribution in [0.25, 0.3) is 0 Å². The Kier molecular flexibility index (Phi) is 6.06. The summed E-state index contributed by atoms with van der Waals surface area (Å²) < 4.78 is 40.2. The number of hydrogen-bond acceptors (Lipinski definition) is 4. The third-order valence-electron chi connectivity index (χ3n) is 5.81. The lowest BCUT2D eigenvalue weighted by molar-refractivity contribution is -0.120. The first-order valence-corrected chi connectivity index (χ1v) is 11.8. The van der Waals surface area contributed by atoms with E-state index in [0.717, 1.165) is 30.9 Å². The maximum absolute atomic E-state index is 13.1. The first kappa shape index (κ1) is 20.8. The summed E-state index contributed by atoms with van der Waals surface area (Å²) in [7, 11) is -3.75. The van der Waals surface area contributed by atoms with E-state index in [0.29, 0.717) is 25.1 Å². The highest BCUT2D eigenvalue weighted by Crippen LogP contribution is 2.26. The van der Waals surface area contributed by atoms with Gasteiger partial charge in [0.05, 0.1) is 10.8 Å². The van der Waals surface area contributed by atoms with E-state index >= 15 is 0 Å². The summed E-state index contributed by atoms with van der Waals surface area (Å²) in [6, 6.07) is 12.6. The molecule has 2 aliphatic rings. The Balaban J connectivity index is 1.40. The van der Waals surface area contributed by atoms with Crippen molar-refractivity contribution >= 4 is 27.3 Å². The molecule has 160 valence electrons. The molecule has 2 fully saturated rings. The first-order valence-electron chi connectivity index (χ1n) is 10.3. The molecule has 1 atom stereocenters. The van der Waals surface area contributed by atoms with Gasteiger partial charge in [0.25, 0.3) is 0 Å². The minimum absolute atomic E-state index is 0.0439. The Bertz CT molecular complexity index is 987. The summed E-state index contributed by atoms with van der Waals surface area (Å²) >= 11 is 0. The summed E-state index contributed by atoms with van der Waals surface area (Å²) in [5.41, 5.74) is 1.86. The Morgan fingerprint density at radius 3 is 2.27 bits per heavy atom. The quantitative estimate of drug-likeness (QED) is 0.787. The van der Waals surface area contributed by atoms with Gasteiger partial charge in [-0.3, -0.25) is 4.79 Å². The molecule has 1 amide bonds. The Hall–Kier alpha value is -2.45. The maximum atomic E-state index is 13.1. The molecule has 1 unspecified atom stereocenters. The van der Waals surface area contributed by atoms with Crippen molar-refractivity contribution in [1.82, 2.24) is 4.31 Å². The summed E-state index contributed by atoms with van der Waals surface area (Å²) in [4.78, 5) is 15.1. The Morgan fingerprint density at radius 1 is 0.933 bits per heavy atom. The van der Waals surface area contributed by atoms with E-state index in [1.165, 1.54) is 29.3 Å². The lowest BCUT2D eigenvalue weighted by Crippen LogP contribution is -2.43. The highest BCUT2D eigenvalue weighted by atomic mass is 32.2. The van der Waals surface area contributed by atoms with E-state index in [9.17, 15) is 17.6 Å². The van der Waals surface area contributed by atoms with Gasteiger partial charge < -0.3 is 10.2 Å². The van der Waals surface area contributed by atoms with Crippen LogP contribution in [-0.2, 0) is 14.8 Å². The molecule has 4 rings (SSSR count). The molecule has 2 aliphatic heterocycles. The van der Waals surface area contributed by atoms with Crippen molar-refractivity contribution in [3.63, 3.8) is 0 Å². The Labute approximate surface area is 176 Å². The van der Waals surface area contributed by atoms with E-state index < -0.39 is 21.8 Å². The van der Waals surface area contributed by atoms with Crippen LogP contribution in [0.4, 0.5) is 15.8 Å². The third-order valence-corrected chi connectivity index (χ3v) is 7.69. The van der Waals surface area contributed by atoms with Crippen molar-refractivity contribution < 1.29 is 17.6 Å².